The van der Waals surface area contributed by atoms with Crippen LogP contribution in [-0.2, 0) is 11.2 Å². The quantitative estimate of drug-likeness (QED) is 0.695. The first-order valence-corrected chi connectivity index (χ1v) is 9.93. The van der Waals surface area contributed by atoms with Gasteiger partial charge in [-0.05, 0) is 58.2 Å². The molecule has 0 aromatic heterocycles. The number of amides is 1. The summed E-state index contributed by atoms with van der Waals surface area (Å²) in [5.74, 6) is 0.718. The van der Waals surface area contributed by atoms with Crippen molar-refractivity contribution in [3.63, 3.8) is 0 Å². The lowest BCUT2D eigenvalue weighted by Gasteiger charge is -2.36. The molecule has 0 spiro atoms. The lowest BCUT2D eigenvalue weighted by atomic mass is 10.2. The molecule has 0 unspecified atom stereocenters. The summed E-state index contributed by atoms with van der Waals surface area (Å²) in [6, 6.07) is 13.8. The van der Waals surface area contributed by atoms with E-state index in [4.69, 9.17) is 16.3 Å². The normalized spacial score (nSPS) is 14.4. The molecule has 0 radical (unpaired) electrons. The Bertz CT molecular complexity index is 776. The van der Waals surface area contributed by atoms with E-state index in [0.29, 0.717) is 18.8 Å². The molecule has 6 heteroatoms. The highest BCUT2D eigenvalue weighted by Gasteiger charge is 2.22. The maximum atomic E-state index is 12.4. The summed E-state index contributed by atoms with van der Waals surface area (Å²) in [7, 11) is 0. The molecular formula is C20H22BrClN2O2. The molecule has 1 saturated heterocycles. The average molecular weight is 438 g/mol. The second-order valence-electron chi connectivity index (χ2n) is 6.25. The third kappa shape index (κ3) is 4.71. The maximum absolute atomic E-state index is 12.4. The molecule has 1 aliphatic heterocycles. The molecule has 0 bridgehead atoms. The number of nitrogens with zero attached hydrogens (tertiary/aromatic N) is 2. The van der Waals surface area contributed by atoms with Crippen LogP contribution in [0.25, 0.3) is 0 Å². The maximum Gasteiger partial charge on any atom is 0.260 e. The minimum absolute atomic E-state index is 0.0159. The molecule has 0 atom stereocenters. The van der Waals surface area contributed by atoms with E-state index in [1.807, 2.05) is 47.4 Å². The van der Waals surface area contributed by atoms with Gasteiger partial charge in [0.1, 0.15) is 5.75 Å². The summed E-state index contributed by atoms with van der Waals surface area (Å²) in [5, 5.41) is 0.731. The van der Waals surface area contributed by atoms with Gasteiger partial charge in [-0.3, -0.25) is 4.79 Å². The number of rotatable bonds is 5. The lowest BCUT2D eigenvalue weighted by molar-refractivity contribution is -0.133. The van der Waals surface area contributed by atoms with Crippen LogP contribution in [0.4, 0.5) is 5.69 Å². The molecule has 26 heavy (non-hydrogen) atoms. The van der Waals surface area contributed by atoms with Gasteiger partial charge >= 0.3 is 0 Å². The second-order valence-corrected chi connectivity index (χ2v) is 7.55. The Hall–Kier alpha value is -1.72. The number of hydrogen-bond donors (Lipinski definition) is 0. The third-order valence-electron chi connectivity index (χ3n) is 4.56. The lowest BCUT2D eigenvalue weighted by Crippen LogP contribution is -2.50. The van der Waals surface area contributed by atoms with E-state index in [0.717, 1.165) is 34.7 Å². The zero-order valence-electron chi connectivity index (χ0n) is 14.8. The molecule has 0 aliphatic carbocycles. The Morgan fingerprint density at radius 3 is 2.58 bits per heavy atom. The molecule has 1 heterocycles. The van der Waals surface area contributed by atoms with Crippen LogP contribution in [0.15, 0.2) is 46.9 Å². The zero-order valence-corrected chi connectivity index (χ0v) is 17.1. The SMILES string of the molecule is CCc1ccc(OCC(=O)N2CCN(c3cccc(Cl)c3)CC2)c(Br)c1. The van der Waals surface area contributed by atoms with Crippen LogP contribution in [0, 0.1) is 0 Å². The van der Waals surface area contributed by atoms with Crippen molar-refractivity contribution in [1.82, 2.24) is 4.90 Å². The summed E-state index contributed by atoms with van der Waals surface area (Å²) in [4.78, 5) is 16.6. The summed E-state index contributed by atoms with van der Waals surface area (Å²) in [5.41, 5.74) is 2.33. The molecule has 4 nitrogen and oxygen atoms in total. The fourth-order valence-electron chi connectivity index (χ4n) is 3.00. The topological polar surface area (TPSA) is 32.8 Å². The van der Waals surface area contributed by atoms with Gasteiger partial charge in [0.05, 0.1) is 4.47 Å². The van der Waals surface area contributed by atoms with E-state index < -0.39 is 0 Å². The van der Waals surface area contributed by atoms with Crippen molar-refractivity contribution < 1.29 is 9.53 Å². The molecule has 138 valence electrons. The largest absolute Gasteiger partial charge is 0.483 e. The molecule has 2 aromatic rings. The van der Waals surface area contributed by atoms with E-state index in [1.165, 1.54) is 5.56 Å². The highest BCUT2D eigenvalue weighted by molar-refractivity contribution is 9.10. The Balaban J connectivity index is 1.51. The Morgan fingerprint density at radius 2 is 1.92 bits per heavy atom. The van der Waals surface area contributed by atoms with Crippen molar-refractivity contribution >= 4 is 39.1 Å². The number of carbonyl (C=O) groups is 1. The number of halogens is 2. The van der Waals surface area contributed by atoms with Crippen molar-refractivity contribution in [1.29, 1.82) is 0 Å². The van der Waals surface area contributed by atoms with Crippen LogP contribution >= 0.6 is 27.5 Å². The minimum atomic E-state index is 0.0159. The molecular weight excluding hydrogens is 416 g/mol. The van der Waals surface area contributed by atoms with Crippen molar-refractivity contribution in [3.8, 4) is 5.75 Å². The molecule has 2 aromatic carbocycles. The number of ether oxygens (including phenoxy) is 1. The summed E-state index contributed by atoms with van der Waals surface area (Å²) in [6.45, 7) is 5.12. The summed E-state index contributed by atoms with van der Waals surface area (Å²) < 4.78 is 6.59. The molecule has 1 fully saturated rings. The van der Waals surface area contributed by atoms with Crippen LogP contribution in [0.2, 0.25) is 5.02 Å². The standard InChI is InChI=1S/C20H22BrClN2O2/c1-2-15-6-7-19(18(21)12-15)26-14-20(25)24-10-8-23(9-11-24)17-5-3-4-16(22)13-17/h3-7,12-13H,2,8-11,14H2,1H3. The summed E-state index contributed by atoms with van der Waals surface area (Å²) >= 11 is 9.57. The van der Waals surface area contributed by atoms with Crippen molar-refractivity contribution in [2.75, 3.05) is 37.7 Å². The second kappa shape index (κ2) is 8.78. The number of anilines is 1. The first-order valence-electron chi connectivity index (χ1n) is 8.76. The monoisotopic (exact) mass is 436 g/mol. The van der Waals surface area contributed by atoms with Gasteiger partial charge in [0, 0.05) is 36.9 Å². The van der Waals surface area contributed by atoms with Crippen LogP contribution in [0.3, 0.4) is 0 Å². The number of hydrogen-bond acceptors (Lipinski definition) is 3. The molecule has 0 saturated carbocycles. The smallest absolute Gasteiger partial charge is 0.260 e. The molecule has 1 aliphatic rings. The van der Waals surface area contributed by atoms with E-state index >= 15 is 0 Å². The minimum Gasteiger partial charge on any atom is -0.483 e. The van der Waals surface area contributed by atoms with Gasteiger partial charge in [-0.25, -0.2) is 0 Å². The number of carbonyl (C=O) groups excluding carboxylic acids is 1. The van der Waals surface area contributed by atoms with Crippen LogP contribution in [0.5, 0.6) is 5.75 Å². The first kappa shape index (κ1) is 19.1. The van der Waals surface area contributed by atoms with Crippen molar-refractivity contribution in [2.45, 2.75) is 13.3 Å². The van der Waals surface area contributed by atoms with E-state index in [-0.39, 0.29) is 12.5 Å². The Labute approximate surface area is 167 Å². The average Bonchev–Trinajstić information content (AvgIpc) is 2.67. The van der Waals surface area contributed by atoms with Crippen LogP contribution < -0.4 is 9.64 Å². The first-order chi connectivity index (χ1) is 12.6. The fourth-order valence-corrected chi connectivity index (χ4v) is 3.72. The van der Waals surface area contributed by atoms with Gasteiger partial charge in [-0.1, -0.05) is 30.7 Å². The molecule has 3 rings (SSSR count). The van der Waals surface area contributed by atoms with Gasteiger partial charge in [-0.2, -0.15) is 0 Å². The fraction of sp³-hybridized carbons (Fsp3) is 0.350. The van der Waals surface area contributed by atoms with Gasteiger partial charge in [0.2, 0.25) is 0 Å². The number of piperazine rings is 1. The van der Waals surface area contributed by atoms with Gasteiger partial charge in [-0.15, -0.1) is 0 Å². The third-order valence-corrected chi connectivity index (χ3v) is 5.42. The van der Waals surface area contributed by atoms with Gasteiger partial charge in [0.15, 0.2) is 6.61 Å². The van der Waals surface area contributed by atoms with E-state index in [2.05, 4.69) is 27.8 Å². The summed E-state index contributed by atoms with van der Waals surface area (Å²) in [6.07, 6.45) is 0.967. The zero-order chi connectivity index (χ0) is 18.5. The number of benzene rings is 2. The van der Waals surface area contributed by atoms with Crippen molar-refractivity contribution in [2.24, 2.45) is 0 Å². The van der Waals surface area contributed by atoms with Crippen LogP contribution in [0.1, 0.15) is 12.5 Å². The van der Waals surface area contributed by atoms with E-state index in [1.54, 1.807) is 0 Å². The predicted molar refractivity (Wildman–Crippen MR) is 109 cm³/mol. The van der Waals surface area contributed by atoms with Crippen LogP contribution in [-0.4, -0.2) is 43.6 Å². The highest BCUT2D eigenvalue weighted by Crippen LogP contribution is 2.26. The van der Waals surface area contributed by atoms with Gasteiger partial charge < -0.3 is 14.5 Å². The molecule has 0 N–H and O–H groups in total. The predicted octanol–water partition coefficient (Wildman–Crippen LogP) is 4.39. The van der Waals surface area contributed by atoms with Crippen molar-refractivity contribution in [3.05, 3.63) is 57.5 Å². The molecule has 1 amide bonds. The van der Waals surface area contributed by atoms with Gasteiger partial charge in [0.25, 0.3) is 5.91 Å². The Kier molecular flexibility index (Phi) is 6.43. The Morgan fingerprint density at radius 1 is 1.15 bits per heavy atom. The highest BCUT2D eigenvalue weighted by atomic mass is 79.9. The van der Waals surface area contributed by atoms with E-state index in [9.17, 15) is 4.79 Å². The number of aryl methyl sites for hydroxylation is 1.